The third-order valence-electron chi connectivity index (χ3n) is 7.47. The molecule has 4 aromatic carbocycles. The van der Waals surface area contributed by atoms with Gasteiger partial charge in [-0.15, -0.1) is 54.1 Å². The maximum atomic E-state index is 6.38. The molecule has 0 unspecified atom stereocenters. The monoisotopic (exact) mass is 723 g/mol. The number of hydrogen-bond donors (Lipinski definition) is 0. The fraction of sp³-hybridized carbons (Fsp3) is 0.105. The standard InChI is InChI=1S/C27H22NO.C11H8N.Ir/c1-18-14-15-28-24(16-18)23-11-7-10-22-21-13-12-20(17-25(21)29-26(22)23)27(2,3)19-8-5-4-6-9-19;1-2-6-10(7-3-1)11-8-4-5-9-12-11;/h4-10,12-17H,1-3H3;1-6,8-9H;/q2*-1;. The number of furan rings is 1. The van der Waals surface area contributed by atoms with E-state index in [9.17, 15) is 0 Å². The summed E-state index contributed by atoms with van der Waals surface area (Å²) >= 11 is 0. The molecular weight excluding hydrogens is 693 g/mol. The van der Waals surface area contributed by atoms with Crippen LogP contribution in [0.25, 0.3) is 44.5 Å². The largest absolute Gasteiger partial charge is 0.501 e. The first-order valence-corrected chi connectivity index (χ1v) is 13.7. The van der Waals surface area contributed by atoms with Crippen molar-refractivity contribution in [2.24, 2.45) is 0 Å². The molecule has 0 fully saturated rings. The van der Waals surface area contributed by atoms with E-state index in [0.29, 0.717) is 0 Å². The van der Waals surface area contributed by atoms with Gasteiger partial charge in [-0.05, 0) is 47.6 Å². The van der Waals surface area contributed by atoms with Crippen molar-refractivity contribution >= 4 is 21.9 Å². The molecule has 0 saturated carbocycles. The van der Waals surface area contributed by atoms with Crippen molar-refractivity contribution in [1.29, 1.82) is 0 Å². The topological polar surface area (TPSA) is 38.9 Å². The van der Waals surface area contributed by atoms with E-state index in [4.69, 9.17) is 4.42 Å². The minimum absolute atomic E-state index is 0. The minimum Gasteiger partial charge on any atom is -0.501 e. The Hall–Kier alpha value is -4.37. The first-order valence-electron chi connectivity index (χ1n) is 13.7. The van der Waals surface area contributed by atoms with Crippen molar-refractivity contribution in [3.63, 3.8) is 0 Å². The molecular formula is C38H30IrN2O-2. The Morgan fingerprint density at radius 2 is 1.43 bits per heavy atom. The van der Waals surface area contributed by atoms with Crippen molar-refractivity contribution in [2.45, 2.75) is 26.2 Å². The van der Waals surface area contributed by atoms with E-state index in [1.54, 1.807) is 6.20 Å². The first kappa shape index (κ1) is 29.1. The van der Waals surface area contributed by atoms with Gasteiger partial charge in [-0.1, -0.05) is 91.0 Å². The van der Waals surface area contributed by atoms with Crippen LogP contribution in [0.2, 0.25) is 0 Å². The number of aromatic nitrogens is 2. The normalized spacial score (nSPS) is 11.0. The number of nitrogens with zero attached hydrogens (tertiary/aromatic N) is 2. The van der Waals surface area contributed by atoms with E-state index in [2.05, 4.69) is 104 Å². The third-order valence-corrected chi connectivity index (χ3v) is 7.47. The summed E-state index contributed by atoms with van der Waals surface area (Å²) in [6.07, 6.45) is 3.62. The van der Waals surface area contributed by atoms with Gasteiger partial charge < -0.3 is 14.4 Å². The molecule has 0 saturated heterocycles. The zero-order chi connectivity index (χ0) is 28.2. The Kier molecular flexibility index (Phi) is 8.77. The van der Waals surface area contributed by atoms with Crippen molar-refractivity contribution in [3.05, 3.63) is 156 Å². The van der Waals surface area contributed by atoms with Gasteiger partial charge in [-0.3, -0.25) is 0 Å². The zero-order valence-corrected chi connectivity index (χ0v) is 26.2. The van der Waals surface area contributed by atoms with Crippen LogP contribution in [-0.4, -0.2) is 9.97 Å². The van der Waals surface area contributed by atoms with Crippen LogP contribution in [0.3, 0.4) is 0 Å². The molecule has 0 spiro atoms. The van der Waals surface area contributed by atoms with Gasteiger partial charge in [0.05, 0.1) is 5.58 Å². The number of fused-ring (bicyclic) bond motifs is 3. The molecule has 0 aliphatic rings. The number of aryl methyl sites for hydroxylation is 1. The van der Waals surface area contributed by atoms with E-state index in [0.717, 1.165) is 44.5 Å². The molecule has 0 atom stereocenters. The van der Waals surface area contributed by atoms with Crippen LogP contribution in [0.4, 0.5) is 0 Å². The summed E-state index contributed by atoms with van der Waals surface area (Å²) in [5, 5.41) is 2.22. The van der Waals surface area contributed by atoms with E-state index < -0.39 is 0 Å². The predicted molar refractivity (Wildman–Crippen MR) is 168 cm³/mol. The average Bonchev–Trinajstić information content (AvgIpc) is 3.41. The van der Waals surface area contributed by atoms with Gasteiger partial charge in [0.2, 0.25) is 0 Å². The smallest absolute Gasteiger partial charge is 0.121 e. The molecule has 4 heteroatoms. The van der Waals surface area contributed by atoms with Gasteiger partial charge in [0.15, 0.2) is 0 Å². The van der Waals surface area contributed by atoms with Crippen LogP contribution in [0, 0.1) is 19.1 Å². The second-order valence-corrected chi connectivity index (χ2v) is 10.6. The van der Waals surface area contributed by atoms with E-state index in [1.165, 1.54) is 16.7 Å². The summed E-state index contributed by atoms with van der Waals surface area (Å²) in [6.45, 7) is 6.58. The fourth-order valence-electron chi connectivity index (χ4n) is 5.09. The van der Waals surface area contributed by atoms with Crippen molar-refractivity contribution in [3.8, 4) is 22.5 Å². The summed E-state index contributed by atoms with van der Waals surface area (Å²) in [5.74, 6) is 0. The Morgan fingerprint density at radius 1 is 0.643 bits per heavy atom. The molecule has 3 aromatic heterocycles. The van der Waals surface area contributed by atoms with Crippen LogP contribution in [0.1, 0.15) is 30.5 Å². The fourth-order valence-corrected chi connectivity index (χ4v) is 5.09. The van der Waals surface area contributed by atoms with Gasteiger partial charge in [0.1, 0.15) is 5.58 Å². The second-order valence-electron chi connectivity index (χ2n) is 10.6. The van der Waals surface area contributed by atoms with Crippen molar-refractivity contribution in [1.82, 2.24) is 9.97 Å². The van der Waals surface area contributed by atoms with Crippen molar-refractivity contribution in [2.75, 3.05) is 0 Å². The Labute approximate surface area is 260 Å². The van der Waals surface area contributed by atoms with Crippen LogP contribution >= 0.6 is 0 Å². The van der Waals surface area contributed by atoms with Crippen LogP contribution in [0.15, 0.2) is 132 Å². The van der Waals surface area contributed by atoms with Crippen LogP contribution in [0.5, 0.6) is 0 Å². The van der Waals surface area contributed by atoms with Gasteiger partial charge in [-0.25, -0.2) is 0 Å². The van der Waals surface area contributed by atoms with Gasteiger partial charge >= 0.3 is 0 Å². The van der Waals surface area contributed by atoms with E-state index >= 15 is 0 Å². The molecule has 0 N–H and O–H groups in total. The molecule has 3 heterocycles. The maximum absolute atomic E-state index is 6.38. The molecule has 0 aliphatic heterocycles. The van der Waals surface area contributed by atoms with Gasteiger partial charge in [-0.2, -0.15) is 0 Å². The molecule has 42 heavy (non-hydrogen) atoms. The Morgan fingerprint density at radius 3 is 2.17 bits per heavy atom. The van der Waals surface area contributed by atoms with Crippen LogP contribution in [-0.2, 0) is 25.5 Å². The summed E-state index contributed by atoms with van der Waals surface area (Å²) < 4.78 is 6.38. The summed E-state index contributed by atoms with van der Waals surface area (Å²) in [5.41, 5.74) is 9.13. The predicted octanol–water partition coefficient (Wildman–Crippen LogP) is 9.63. The second kappa shape index (κ2) is 12.6. The van der Waals surface area contributed by atoms with E-state index in [-0.39, 0.29) is 25.5 Å². The van der Waals surface area contributed by atoms with Crippen LogP contribution < -0.4 is 0 Å². The molecule has 0 aliphatic carbocycles. The maximum Gasteiger partial charge on any atom is 0.121 e. The van der Waals surface area contributed by atoms with Gasteiger partial charge in [0.25, 0.3) is 0 Å². The molecule has 0 amide bonds. The summed E-state index contributed by atoms with van der Waals surface area (Å²) in [4.78, 5) is 8.75. The summed E-state index contributed by atoms with van der Waals surface area (Å²) in [6, 6.07) is 45.4. The zero-order valence-electron chi connectivity index (χ0n) is 23.8. The molecule has 7 rings (SSSR count). The number of pyridine rings is 2. The first-order chi connectivity index (χ1) is 20.0. The summed E-state index contributed by atoms with van der Waals surface area (Å²) in [7, 11) is 0. The van der Waals surface area contributed by atoms with E-state index in [1.807, 2.05) is 60.8 Å². The molecule has 1 radical (unpaired) electrons. The Balaban J connectivity index is 0.000000228. The molecule has 3 nitrogen and oxygen atoms in total. The SMILES string of the molecule is Cc1ccnc(-c2[c-]ccc3c2oc2cc(C(C)(C)c4ccccc4)ccc23)c1.[Ir].[c-]1ccccc1-c1ccccn1. The quantitative estimate of drug-likeness (QED) is 0.170. The molecule has 209 valence electrons. The number of rotatable bonds is 4. The van der Waals surface area contributed by atoms with Crippen molar-refractivity contribution < 1.29 is 24.5 Å². The molecule has 7 aromatic rings. The Bertz CT molecular complexity index is 1880. The average molecular weight is 723 g/mol. The molecule has 0 bridgehead atoms. The third kappa shape index (κ3) is 5.97. The van der Waals surface area contributed by atoms with Gasteiger partial charge in [0, 0.05) is 43.3 Å². The number of hydrogen-bond acceptors (Lipinski definition) is 3. The minimum atomic E-state index is -0.110. The number of benzene rings is 4.